The summed E-state index contributed by atoms with van der Waals surface area (Å²) in [6.07, 6.45) is 2.49. The van der Waals surface area contributed by atoms with Gasteiger partial charge in [-0.05, 0) is 37.0 Å². The number of carbonyl (C=O) groups is 1. The van der Waals surface area contributed by atoms with Crippen molar-refractivity contribution in [3.63, 3.8) is 0 Å². The average Bonchev–Trinajstić information content (AvgIpc) is 3.09. The molecule has 1 fully saturated rings. The van der Waals surface area contributed by atoms with Crippen molar-refractivity contribution in [2.24, 2.45) is 5.92 Å². The van der Waals surface area contributed by atoms with Gasteiger partial charge in [0.1, 0.15) is 0 Å². The summed E-state index contributed by atoms with van der Waals surface area (Å²) < 4.78 is 10.9. The molecule has 1 saturated carbocycles. The van der Waals surface area contributed by atoms with E-state index in [2.05, 4.69) is 0 Å². The first kappa shape index (κ1) is 11.7. The number of halogens is 1. The van der Waals surface area contributed by atoms with Crippen LogP contribution in [0.15, 0.2) is 18.2 Å². The fraction of sp³-hybridized carbons (Fsp3) is 0.417. The highest BCUT2D eigenvalue weighted by Gasteiger charge is 2.22. The Bertz CT molecular complexity index is 399. The molecule has 86 valence electrons. The normalized spacial score (nSPS) is 14.6. The number of rotatable bonds is 5. The average molecular weight is 332 g/mol. The van der Waals surface area contributed by atoms with E-state index < -0.39 is 0 Å². The second-order valence-electron chi connectivity index (χ2n) is 3.89. The van der Waals surface area contributed by atoms with Crippen molar-refractivity contribution in [3.8, 4) is 11.5 Å². The minimum absolute atomic E-state index is 0.0107. The third kappa shape index (κ3) is 2.87. The van der Waals surface area contributed by atoms with Crippen LogP contribution in [0, 0.1) is 5.92 Å². The van der Waals surface area contributed by atoms with Gasteiger partial charge in [-0.25, -0.2) is 0 Å². The lowest BCUT2D eigenvalue weighted by Crippen LogP contribution is -2.02. The highest BCUT2D eigenvalue weighted by atomic mass is 127. The van der Waals surface area contributed by atoms with E-state index in [0.717, 1.165) is 6.61 Å². The van der Waals surface area contributed by atoms with Gasteiger partial charge in [0.05, 0.1) is 13.7 Å². The number of benzene rings is 1. The van der Waals surface area contributed by atoms with Crippen LogP contribution in [0.1, 0.15) is 23.2 Å². The van der Waals surface area contributed by atoms with Crippen molar-refractivity contribution in [2.45, 2.75) is 12.8 Å². The summed E-state index contributed by atoms with van der Waals surface area (Å²) in [7, 11) is 1.60. The molecule has 1 aliphatic rings. The Morgan fingerprint density at radius 1 is 1.44 bits per heavy atom. The molecule has 0 bridgehead atoms. The van der Waals surface area contributed by atoms with Gasteiger partial charge in [-0.1, -0.05) is 0 Å². The lowest BCUT2D eigenvalue weighted by atomic mass is 10.2. The Morgan fingerprint density at radius 3 is 2.75 bits per heavy atom. The van der Waals surface area contributed by atoms with E-state index >= 15 is 0 Å². The quantitative estimate of drug-likeness (QED) is 0.614. The monoisotopic (exact) mass is 332 g/mol. The summed E-state index contributed by atoms with van der Waals surface area (Å²) in [6.45, 7) is 0.718. The van der Waals surface area contributed by atoms with Gasteiger partial charge in [0.15, 0.2) is 11.5 Å². The zero-order valence-corrected chi connectivity index (χ0v) is 11.2. The first-order chi connectivity index (χ1) is 7.70. The number of hydrogen-bond acceptors (Lipinski definition) is 3. The summed E-state index contributed by atoms with van der Waals surface area (Å²) >= 11 is 1.77. The molecule has 4 heteroatoms. The zero-order valence-electron chi connectivity index (χ0n) is 9.03. The van der Waals surface area contributed by atoms with Gasteiger partial charge in [0, 0.05) is 28.2 Å². The molecular weight excluding hydrogens is 319 g/mol. The van der Waals surface area contributed by atoms with Gasteiger partial charge < -0.3 is 9.47 Å². The molecule has 1 aromatic carbocycles. The van der Waals surface area contributed by atoms with Crippen LogP contribution in [-0.4, -0.2) is 17.5 Å². The highest BCUT2D eigenvalue weighted by molar-refractivity contribution is 14.1. The second kappa shape index (κ2) is 5.03. The second-order valence-corrected chi connectivity index (χ2v) is 4.87. The summed E-state index contributed by atoms with van der Waals surface area (Å²) in [5.41, 5.74) is 0.646. The fourth-order valence-electron chi connectivity index (χ4n) is 1.40. The maximum absolute atomic E-state index is 11.2. The molecule has 0 aromatic heterocycles. The summed E-state index contributed by atoms with van der Waals surface area (Å²) in [6, 6.07) is 5.27. The Morgan fingerprint density at radius 2 is 2.19 bits per heavy atom. The Labute approximate surface area is 108 Å². The molecule has 0 unspecified atom stereocenters. The number of carbonyl (C=O) groups excluding carboxylic acids is 1. The summed E-state index contributed by atoms with van der Waals surface area (Å²) in [5.74, 6) is 2.03. The standard InChI is InChI=1S/C12H13IO3/c1-15-10-5-4-9(12(13)14)6-11(10)16-7-8-2-3-8/h4-6,8H,2-3,7H2,1H3. The zero-order chi connectivity index (χ0) is 11.5. The van der Waals surface area contributed by atoms with Crippen molar-refractivity contribution in [2.75, 3.05) is 13.7 Å². The van der Waals surface area contributed by atoms with Crippen LogP contribution in [0.5, 0.6) is 11.5 Å². The minimum Gasteiger partial charge on any atom is -0.493 e. The van der Waals surface area contributed by atoms with Gasteiger partial charge in [-0.2, -0.15) is 0 Å². The van der Waals surface area contributed by atoms with Gasteiger partial charge in [-0.3, -0.25) is 4.79 Å². The Kier molecular flexibility index (Phi) is 3.68. The molecule has 3 nitrogen and oxygen atoms in total. The number of ether oxygens (including phenoxy) is 2. The third-order valence-corrected chi connectivity index (χ3v) is 3.18. The smallest absolute Gasteiger partial charge is 0.222 e. The van der Waals surface area contributed by atoms with Crippen LogP contribution in [0.25, 0.3) is 0 Å². The third-order valence-electron chi connectivity index (χ3n) is 2.56. The van der Waals surface area contributed by atoms with Crippen molar-refractivity contribution in [3.05, 3.63) is 23.8 Å². The van der Waals surface area contributed by atoms with Crippen LogP contribution in [0.3, 0.4) is 0 Å². The topological polar surface area (TPSA) is 35.5 Å². The predicted octanol–water partition coefficient (Wildman–Crippen LogP) is 3.06. The molecule has 0 N–H and O–H groups in total. The van der Waals surface area contributed by atoms with Crippen LogP contribution < -0.4 is 9.47 Å². The van der Waals surface area contributed by atoms with Crippen LogP contribution in [0.4, 0.5) is 0 Å². The lowest BCUT2D eigenvalue weighted by molar-refractivity contribution is 0.110. The van der Waals surface area contributed by atoms with Crippen LogP contribution in [-0.2, 0) is 0 Å². The van der Waals surface area contributed by atoms with E-state index in [-0.39, 0.29) is 3.79 Å². The maximum atomic E-state index is 11.2. The first-order valence-electron chi connectivity index (χ1n) is 5.21. The van der Waals surface area contributed by atoms with Crippen molar-refractivity contribution in [1.82, 2.24) is 0 Å². The first-order valence-corrected chi connectivity index (χ1v) is 6.29. The molecule has 1 aliphatic carbocycles. The predicted molar refractivity (Wildman–Crippen MR) is 69.6 cm³/mol. The highest BCUT2D eigenvalue weighted by Crippen LogP contribution is 2.33. The molecule has 1 aromatic rings. The van der Waals surface area contributed by atoms with Crippen LogP contribution in [0.2, 0.25) is 0 Å². The largest absolute Gasteiger partial charge is 0.493 e. The number of methoxy groups -OCH3 is 1. The van der Waals surface area contributed by atoms with Gasteiger partial charge in [0.2, 0.25) is 3.79 Å². The Balaban J connectivity index is 2.16. The molecule has 0 saturated heterocycles. The van der Waals surface area contributed by atoms with E-state index in [1.54, 1.807) is 47.9 Å². The maximum Gasteiger partial charge on any atom is 0.222 e. The summed E-state index contributed by atoms with van der Waals surface area (Å²) in [5, 5.41) is 0. The molecule has 0 aliphatic heterocycles. The Hall–Kier alpha value is -0.780. The van der Waals surface area contributed by atoms with Gasteiger partial charge in [0.25, 0.3) is 0 Å². The lowest BCUT2D eigenvalue weighted by Gasteiger charge is -2.10. The van der Waals surface area contributed by atoms with E-state index in [1.807, 2.05) is 0 Å². The molecule has 0 radical (unpaired) electrons. The molecule has 16 heavy (non-hydrogen) atoms. The summed E-state index contributed by atoms with van der Waals surface area (Å²) in [4.78, 5) is 11.2. The SMILES string of the molecule is COc1ccc(C(=O)I)cc1OCC1CC1. The van der Waals surface area contributed by atoms with Crippen molar-refractivity contribution >= 4 is 26.4 Å². The molecular formula is C12H13IO3. The molecule has 2 rings (SSSR count). The molecule has 0 amide bonds. The van der Waals surface area contributed by atoms with Crippen molar-refractivity contribution in [1.29, 1.82) is 0 Å². The van der Waals surface area contributed by atoms with Crippen LogP contribution >= 0.6 is 22.6 Å². The number of hydrogen-bond donors (Lipinski definition) is 0. The van der Waals surface area contributed by atoms with Gasteiger partial charge >= 0.3 is 0 Å². The minimum atomic E-state index is 0.0107. The van der Waals surface area contributed by atoms with E-state index in [4.69, 9.17) is 9.47 Å². The van der Waals surface area contributed by atoms with Crippen molar-refractivity contribution < 1.29 is 14.3 Å². The van der Waals surface area contributed by atoms with E-state index in [1.165, 1.54) is 12.8 Å². The molecule has 0 heterocycles. The van der Waals surface area contributed by atoms with Gasteiger partial charge in [-0.15, -0.1) is 0 Å². The molecule has 0 spiro atoms. The van der Waals surface area contributed by atoms with E-state index in [0.29, 0.717) is 23.0 Å². The van der Waals surface area contributed by atoms with E-state index in [9.17, 15) is 4.79 Å². The molecule has 0 atom stereocenters. The fourth-order valence-corrected chi connectivity index (χ4v) is 1.74.